The van der Waals surface area contributed by atoms with Crippen molar-refractivity contribution in [3.8, 4) is 11.5 Å². The Morgan fingerprint density at radius 1 is 1.04 bits per heavy atom. The number of hydrogen-bond donors (Lipinski definition) is 2. The van der Waals surface area contributed by atoms with E-state index in [2.05, 4.69) is 21.8 Å². The van der Waals surface area contributed by atoms with Gasteiger partial charge >= 0.3 is 0 Å². The highest BCUT2D eigenvalue weighted by atomic mass is 32.2. The highest BCUT2D eigenvalue weighted by Gasteiger charge is 2.15. The van der Waals surface area contributed by atoms with Crippen molar-refractivity contribution in [2.24, 2.45) is 5.73 Å². The van der Waals surface area contributed by atoms with E-state index in [1.54, 1.807) is 24.3 Å². The van der Waals surface area contributed by atoms with Crippen molar-refractivity contribution >= 4 is 15.7 Å². The van der Waals surface area contributed by atoms with Gasteiger partial charge in [-0.05, 0) is 67.9 Å². The molecule has 1 saturated heterocycles. The summed E-state index contributed by atoms with van der Waals surface area (Å²) in [6.07, 6.45) is 3.24. The van der Waals surface area contributed by atoms with Gasteiger partial charge in [0.05, 0.1) is 6.26 Å². The minimum absolute atomic E-state index is 0.348. The van der Waals surface area contributed by atoms with Crippen LogP contribution in [0.1, 0.15) is 18.4 Å². The molecule has 0 aliphatic carbocycles. The van der Waals surface area contributed by atoms with Crippen LogP contribution in [-0.4, -0.2) is 38.7 Å². The predicted octanol–water partition coefficient (Wildman–Crippen LogP) is 2.77. The molecule has 6 nitrogen and oxygen atoms in total. The number of piperidine rings is 1. The third kappa shape index (κ3) is 5.72. The van der Waals surface area contributed by atoms with Crippen LogP contribution in [0.25, 0.3) is 0 Å². The normalized spacial score (nSPS) is 16.4. The number of ether oxygens (including phenoxy) is 1. The van der Waals surface area contributed by atoms with Crippen LogP contribution < -0.4 is 15.2 Å². The van der Waals surface area contributed by atoms with Gasteiger partial charge in [-0.1, -0.05) is 12.1 Å². The van der Waals surface area contributed by atoms with E-state index < -0.39 is 10.0 Å². The summed E-state index contributed by atoms with van der Waals surface area (Å²) in [5, 5.41) is 0. The fourth-order valence-electron chi connectivity index (χ4n) is 2.97. The van der Waals surface area contributed by atoms with E-state index in [0.29, 0.717) is 17.5 Å². The Morgan fingerprint density at radius 2 is 1.58 bits per heavy atom. The summed E-state index contributed by atoms with van der Waals surface area (Å²) in [6, 6.07) is 15.2. The van der Waals surface area contributed by atoms with Crippen LogP contribution in [0.3, 0.4) is 0 Å². The lowest BCUT2D eigenvalue weighted by Gasteiger charge is -2.30. The summed E-state index contributed by atoms with van der Waals surface area (Å²) in [5.74, 6) is 1.40. The number of sulfonamides is 1. The van der Waals surface area contributed by atoms with Crippen LogP contribution in [0, 0.1) is 0 Å². The predicted molar refractivity (Wildman–Crippen MR) is 104 cm³/mol. The lowest BCUT2D eigenvalue weighted by atomic mass is 10.1. The van der Waals surface area contributed by atoms with Gasteiger partial charge in [-0.15, -0.1) is 0 Å². The van der Waals surface area contributed by atoms with Crippen molar-refractivity contribution in [2.45, 2.75) is 25.4 Å². The molecule has 0 saturated carbocycles. The van der Waals surface area contributed by atoms with E-state index in [4.69, 9.17) is 10.5 Å². The van der Waals surface area contributed by atoms with E-state index in [1.807, 2.05) is 12.1 Å². The maximum absolute atomic E-state index is 11.2. The third-order valence-corrected chi connectivity index (χ3v) is 4.96. The van der Waals surface area contributed by atoms with Crippen LogP contribution in [0.15, 0.2) is 48.5 Å². The molecule has 0 atom stereocenters. The molecule has 0 spiro atoms. The number of nitrogens with zero attached hydrogens (tertiary/aromatic N) is 1. The second-order valence-electron chi connectivity index (χ2n) is 6.76. The number of nitrogens with one attached hydrogen (secondary N) is 1. The standard InChI is InChI=1S/C19H25N3O3S/c1-26(23,24)21-17-4-8-19(9-5-17)25-18-6-2-15(3-7-18)14-22-12-10-16(20)11-13-22/h2-9,16,21H,10-14,20H2,1H3. The van der Waals surface area contributed by atoms with Crippen molar-refractivity contribution in [3.63, 3.8) is 0 Å². The van der Waals surface area contributed by atoms with Crippen LogP contribution in [0.5, 0.6) is 11.5 Å². The lowest BCUT2D eigenvalue weighted by Crippen LogP contribution is -2.39. The Morgan fingerprint density at radius 3 is 2.12 bits per heavy atom. The average molecular weight is 375 g/mol. The van der Waals surface area contributed by atoms with Crippen LogP contribution in [-0.2, 0) is 16.6 Å². The van der Waals surface area contributed by atoms with Crippen molar-refractivity contribution in [1.82, 2.24) is 4.90 Å². The first-order valence-corrected chi connectivity index (χ1v) is 10.6. The molecule has 26 heavy (non-hydrogen) atoms. The minimum Gasteiger partial charge on any atom is -0.457 e. The van der Waals surface area contributed by atoms with Gasteiger partial charge in [0.2, 0.25) is 10.0 Å². The fourth-order valence-corrected chi connectivity index (χ4v) is 3.54. The molecule has 0 aromatic heterocycles. The first-order chi connectivity index (χ1) is 12.4. The average Bonchev–Trinajstić information content (AvgIpc) is 2.59. The van der Waals surface area contributed by atoms with Crippen molar-refractivity contribution in [2.75, 3.05) is 24.1 Å². The van der Waals surface area contributed by atoms with Gasteiger partial charge in [0.25, 0.3) is 0 Å². The highest BCUT2D eigenvalue weighted by Crippen LogP contribution is 2.24. The lowest BCUT2D eigenvalue weighted by molar-refractivity contribution is 0.205. The minimum atomic E-state index is -3.27. The van der Waals surface area contributed by atoms with Gasteiger partial charge in [0.15, 0.2) is 0 Å². The molecule has 1 fully saturated rings. The highest BCUT2D eigenvalue weighted by molar-refractivity contribution is 7.92. The molecule has 3 rings (SSSR count). The SMILES string of the molecule is CS(=O)(=O)Nc1ccc(Oc2ccc(CN3CCC(N)CC3)cc2)cc1. The second-order valence-corrected chi connectivity index (χ2v) is 8.51. The molecule has 0 amide bonds. The summed E-state index contributed by atoms with van der Waals surface area (Å²) in [7, 11) is -3.27. The smallest absolute Gasteiger partial charge is 0.229 e. The molecule has 1 heterocycles. The number of anilines is 1. The number of hydrogen-bond acceptors (Lipinski definition) is 5. The van der Waals surface area contributed by atoms with E-state index >= 15 is 0 Å². The zero-order chi connectivity index (χ0) is 18.6. The Kier molecular flexibility index (Phi) is 5.80. The number of benzene rings is 2. The maximum atomic E-state index is 11.2. The van der Waals surface area contributed by atoms with Gasteiger partial charge in [-0.25, -0.2) is 8.42 Å². The Hall–Kier alpha value is -2.09. The molecule has 1 aliphatic rings. The second kappa shape index (κ2) is 8.07. The molecule has 7 heteroatoms. The van der Waals surface area contributed by atoms with Gasteiger partial charge < -0.3 is 10.5 Å². The molecule has 0 unspecified atom stereocenters. The molecular formula is C19H25N3O3S. The number of likely N-dealkylation sites (tertiary alicyclic amines) is 1. The number of rotatable bonds is 6. The van der Waals surface area contributed by atoms with Gasteiger partial charge in [-0.2, -0.15) is 0 Å². The molecular weight excluding hydrogens is 350 g/mol. The van der Waals surface area contributed by atoms with E-state index in [-0.39, 0.29) is 0 Å². The molecule has 3 N–H and O–H groups in total. The monoisotopic (exact) mass is 375 g/mol. The molecule has 0 radical (unpaired) electrons. The van der Waals surface area contributed by atoms with Crippen LogP contribution in [0.4, 0.5) is 5.69 Å². The Bertz CT molecular complexity index is 812. The van der Waals surface area contributed by atoms with Crippen molar-refractivity contribution < 1.29 is 13.2 Å². The fraction of sp³-hybridized carbons (Fsp3) is 0.368. The maximum Gasteiger partial charge on any atom is 0.229 e. The van der Waals surface area contributed by atoms with Crippen molar-refractivity contribution in [1.29, 1.82) is 0 Å². The number of nitrogens with two attached hydrogens (primary N) is 1. The van der Waals surface area contributed by atoms with E-state index in [1.165, 1.54) is 5.56 Å². The van der Waals surface area contributed by atoms with Gasteiger partial charge in [0, 0.05) is 18.3 Å². The van der Waals surface area contributed by atoms with Crippen LogP contribution >= 0.6 is 0 Å². The largest absolute Gasteiger partial charge is 0.457 e. The first kappa shape index (κ1) is 18.7. The molecule has 1 aliphatic heterocycles. The molecule has 2 aromatic rings. The Balaban J connectivity index is 1.55. The quantitative estimate of drug-likeness (QED) is 0.811. The summed E-state index contributed by atoms with van der Waals surface area (Å²) in [6.45, 7) is 3.03. The molecule has 0 bridgehead atoms. The summed E-state index contributed by atoms with van der Waals surface area (Å²) in [4.78, 5) is 2.42. The van der Waals surface area contributed by atoms with E-state index in [0.717, 1.165) is 44.5 Å². The third-order valence-electron chi connectivity index (χ3n) is 4.36. The summed E-state index contributed by atoms with van der Waals surface area (Å²) in [5.41, 5.74) is 7.71. The van der Waals surface area contributed by atoms with Gasteiger partial charge in [-0.3, -0.25) is 9.62 Å². The summed E-state index contributed by atoms with van der Waals surface area (Å²) >= 11 is 0. The van der Waals surface area contributed by atoms with E-state index in [9.17, 15) is 8.42 Å². The Labute approximate surface area is 155 Å². The zero-order valence-corrected chi connectivity index (χ0v) is 15.7. The molecule has 2 aromatic carbocycles. The van der Waals surface area contributed by atoms with Crippen LogP contribution in [0.2, 0.25) is 0 Å². The topological polar surface area (TPSA) is 84.7 Å². The van der Waals surface area contributed by atoms with Crippen molar-refractivity contribution in [3.05, 3.63) is 54.1 Å². The summed E-state index contributed by atoms with van der Waals surface area (Å²) < 4.78 is 30.7. The molecule has 140 valence electrons. The first-order valence-electron chi connectivity index (χ1n) is 8.70. The van der Waals surface area contributed by atoms with Gasteiger partial charge in [0.1, 0.15) is 11.5 Å². The zero-order valence-electron chi connectivity index (χ0n) is 14.9.